The van der Waals surface area contributed by atoms with Gasteiger partial charge in [-0.15, -0.1) is 0 Å². The Morgan fingerprint density at radius 2 is 1.95 bits per heavy atom. The van der Waals surface area contributed by atoms with Crippen LogP contribution in [0.3, 0.4) is 0 Å². The zero-order chi connectivity index (χ0) is 13.7. The molecule has 1 aromatic carbocycles. The van der Waals surface area contributed by atoms with Crippen LogP contribution in [0.15, 0.2) is 28.7 Å². The van der Waals surface area contributed by atoms with E-state index in [1.54, 1.807) is 0 Å². The van der Waals surface area contributed by atoms with E-state index in [1.165, 1.54) is 0 Å². The summed E-state index contributed by atoms with van der Waals surface area (Å²) < 4.78 is 1.05. The third kappa shape index (κ3) is 4.67. The second-order valence-electron chi connectivity index (χ2n) is 4.68. The summed E-state index contributed by atoms with van der Waals surface area (Å²) in [6.07, 6.45) is 2.68. The Hall–Kier alpha value is -1.36. The highest BCUT2D eigenvalue weighted by Crippen LogP contribution is 2.28. The average molecular weight is 325 g/mol. The number of nitrogens with one attached hydrogen (secondary N) is 2. The standard InChI is InChI=1S/C14H17BrN2O2/c15-12-4-2-1-3-10(12)7-8-16-13(18)9-17-14(19)11-5-6-11/h1-4,11H,5-9H2,(H,16,18)(H,17,19). The molecule has 1 fully saturated rings. The summed E-state index contributed by atoms with van der Waals surface area (Å²) in [7, 11) is 0. The van der Waals surface area contributed by atoms with Crippen molar-refractivity contribution in [2.45, 2.75) is 19.3 Å². The Morgan fingerprint density at radius 1 is 1.21 bits per heavy atom. The number of benzene rings is 1. The van der Waals surface area contributed by atoms with Crippen LogP contribution in [0.2, 0.25) is 0 Å². The Balaban J connectivity index is 1.63. The molecule has 2 N–H and O–H groups in total. The molecular weight excluding hydrogens is 308 g/mol. The molecule has 0 aromatic heterocycles. The minimum absolute atomic E-state index is 0.000883. The van der Waals surface area contributed by atoms with Crippen LogP contribution < -0.4 is 10.6 Å². The third-order valence-electron chi connectivity index (χ3n) is 3.05. The van der Waals surface area contributed by atoms with Crippen LogP contribution in [0.4, 0.5) is 0 Å². The summed E-state index contributed by atoms with van der Waals surface area (Å²) in [6, 6.07) is 7.93. The molecule has 0 radical (unpaired) electrons. The van der Waals surface area contributed by atoms with E-state index in [2.05, 4.69) is 26.6 Å². The first-order valence-electron chi connectivity index (χ1n) is 6.44. The lowest BCUT2D eigenvalue weighted by atomic mass is 10.1. The van der Waals surface area contributed by atoms with Crippen molar-refractivity contribution in [2.24, 2.45) is 5.92 Å². The Morgan fingerprint density at radius 3 is 2.63 bits per heavy atom. The molecule has 1 aliphatic carbocycles. The monoisotopic (exact) mass is 324 g/mol. The fourth-order valence-electron chi connectivity index (χ4n) is 1.76. The molecule has 2 rings (SSSR count). The first kappa shape index (κ1) is 14.1. The van der Waals surface area contributed by atoms with Gasteiger partial charge in [-0.1, -0.05) is 34.1 Å². The van der Waals surface area contributed by atoms with Crippen LogP contribution in [-0.4, -0.2) is 24.9 Å². The largest absolute Gasteiger partial charge is 0.354 e. The fourth-order valence-corrected chi connectivity index (χ4v) is 2.24. The average Bonchev–Trinajstić information content (AvgIpc) is 3.22. The molecule has 0 saturated heterocycles. The highest BCUT2D eigenvalue weighted by Gasteiger charge is 2.29. The van der Waals surface area contributed by atoms with Crippen LogP contribution in [0.1, 0.15) is 18.4 Å². The highest BCUT2D eigenvalue weighted by molar-refractivity contribution is 9.10. The lowest BCUT2D eigenvalue weighted by Gasteiger charge is -2.07. The summed E-state index contributed by atoms with van der Waals surface area (Å²) >= 11 is 3.47. The van der Waals surface area contributed by atoms with Crippen molar-refractivity contribution in [1.29, 1.82) is 0 Å². The normalized spacial score (nSPS) is 13.9. The van der Waals surface area contributed by atoms with E-state index in [0.29, 0.717) is 6.54 Å². The zero-order valence-electron chi connectivity index (χ0n) is 10.6. The molecule has 1 aliphatic rings. The Bertz CT molecular complexity index is 472. The van der Waals surface area contributed by atoms with Gasteiger partial charge in [-0.05, 0) is 30.9 Å². The van der Waals surface area contributed by atoms with Crippen molar-refractivity contribution < 1.29 is 9.59 Å². The molecule has 1 aromatic rings. The van der Waals surface area contributed by atoms with Crippen molar-refractivity contribution >= 4 is 27.7 Å². The predicted molar refractivity (Wildman–Crippen MR) is 76.6 cm³/mol. The number of carbonyl (C=O) groups is 2. The summed E-state index contributed by atoms with van der Waals surface area (Å²) in [4.78, 5) is 22.9. The SMILES string of the molecule is O=C(CNC(=O)C1CC1)NCCc1ccccc1Br. The van der Waals surface area contributed by atoms with Crippen molar-refractivity contribution in [1.82, 2.24) is 10.6 Å². The first-order valence-corrected chi connectivity index (χ1v) is 7.24. The van der Waals surface area contributed by atoms with Gasteiger partial charge in [0.1, 0.15) is 0 Å². The zero-order valence-corrected chi connectivity index (χ0v) is 12.2. The van der Waals surface area contributed by atoms with Crippen LogP contribution in [0.25, 0.3) is 0 Å². The maximum atomic E-state index is 11.5. The van der Waals surface area contributed by atoms with Crippen LogP contribution in [0, 0.1) is 5.92 Å². The third-order valence-corrected chi connectivity index (χ3v) is 3.82. The number of carbonyl (C=O) groups excluding carboxylic acids is 2. The summed E-state index contributed by atoms with van der Waals surface area (Å²) in [5.74, 6) is 0.00933. The van der Waals surface area contributed by atoms with Crippen LogP contribution in [-0.2, 0) is 16.0 Å². The lowest BCUT2D eigenvalue weighted by Crippen LogP contribution is -2.38. The van der Waals surface area contributed by atoms with Gasteiger partial charge in [-0.2, -0.15) is 0 Å². The maximum absolute atomic E-state index is 11.5. The predicted octanol–water partition coefficient (Wildman–Crippen LogP) is 1.63. The van der Waals surface area contributed by atoms with Crippen molar-refractivity contribution in [3.63, 3.8) is 0 Å². The molecule has 5 heteroatoms. The number of rotatable bonds is 6. The second-order valence-corrected chi connectivity index (χ2v) is 5.54. The van der Waals surface area contributed by atoms with Crippen molar-refractivity contribution in [3.05, 3.63) is 34.3 Å². The van der Waals surface area contributed by atoms with Crippen LogP contribution >= 0.6 is 15.9 Å². The molecule has 0 spiro atoms. The van der Waals surface area contributed by atoms with Crippen LogP contribution in [0.5, 0.6) is 0 Å². The summed E-state index contributed by atoms with van der Waals surface area (Å²) in [5, 5.41) is 5.44. The van der Waals surface area contributed by atoms with E-state index in [1.807, 2.05) is 24.3 Å². The van der Waals surface area contributed by atoms with Gasteiger partial charge in [0.2, 0.25) is 11.8 Å². The van der Waals surface area contributed by atoms with Crippen molar-refractivity contribution in [2.75, 3.05) is 13.1 Å². The van der Waals surface area contributed by atoms with Gasteiger partial charge in [0, 0.05) is 16.9 Å². The number of hydrogen-bond donors (Lipinski definition) is 2. The van der Waals surface area contributed by atoms with E-state index in [9.17, 15) is 9.59 Å². The fraction of sp³-hybridized carbons (Fsp3) is 0.429. The second kappa shape index (κ2) is 6.70. The molecule has 0 bridgehead atoms. The van der Waals surface area contributed by atoms with Crippen molar-refractivity contribution in [3.8, 4) is 0 Å². The smallest absolute Gasteiger partial charge is 0.239 e. The number of halogens is 1. The van der Waals surface area contributed by atoms with Gasteiger partial charge in [0.15, 0.2) is 0 Å². The van der Waals surface area contributed by atoms with E-state index >= 15 is 0 Å². The van der Waals surface area contributed by atoms with E-state index < -0.39 is 0 Å². The molecule has 4 nitrogen and oxygen atoms in total. The molecule has 102 valence electrons. The molecule has 19 heavy (non-hydrogen) atoms. The number of hydrogen-bond acceptors (Lipinski definition) is 2. The minimum atomic E-state index is -0.138. The minimum Gasteiger partial charge on any atom is -0.354 e. The molecular formula is C14H17BrN2O2. The van der Waals surface area contributed by atoms with Gasteiger partial charge in [-0.25, -0.2) is 0 Å². The molecule has 0 atom stereocenters. The van der Waals surface area contributed by atoms with Gasteiger partial charge < -0.3 is 10.6 Å². The van der Waals surface area contributed by atoms with E-state index in [0.717, 1.165) is 29.3 Å². The van der Waals surface area contributed by atoms with E-state index in [-0.39, 0.29) is 24.3 Å². The maximum Gasteiger partial charge on any atom is 0.239 e. The van der Waals surface area contributed by atoms with Gasteiger partial charge in [-0.3, -0.25) is 9.59 Å². The summed E-state index contributed by atoms with van der Waals surface area (Å²) in [5.41, 5.74) is 1.16. The number of amides is 2. The van der Waals surface area contributed by atoms with Gasteiger partial charge in [0.25, 0.3) is 0 Å². The first-order chi connectivity index (χ1) is 9.16. The Kier molecular flexibility index (Phi) is 4.96. The molecule has 0 heterocycles. The highest BCUT2D eigenvalue weighted by atomic mass is 79.9. The van der Waals surface area contributed by atoms with Gasteiger partial charge >= 0.3 is 0 Å². The van der Waals surface area contributed by atoms with Gasteiger partial charge in [0.05, 0.1) is 6.54 Å². The molecule has 0 unspecified atom stereocenters. The topological polar surface area (TPSA) is 58.2 Å². The molecule has 2 amide bonds. The quantitative estimate of drug-likeness (QED) is 0.835. The lowest BCUT2D eigenvalue weighted by molar-refractivity contribution is -0.126. The molecule has 0 aliphatic heterocycles. The van der Waals surface area contributed by atoms with E-state index in [4.69, 9.17) is 0 Å². The Labute approximate surface area is 121 Å². The summed E-state index contributed by atoms with van der Waals surface area (Å²) in [6.45, 7) is 0.645. The molecule has 1 saturated carbocycles.